The van der Waals surface area contributed by atoms with Gasteiger partial charge in [-0.2, -0.15) is 0 Å². The molecule has 2 amide bonds. The maximum absolute atomic E-state index is 13.6. The van der Waals surface area contributed by atoms with E-state index in [1.165, 1.54) is 6.92 Å². The number of nitrogens with one attached hydrogen (secondary N) is 1. The molecule has 0 saturated carbocycles. The van der Waals surface area contributed by atoms with Gasteiger partial charge >= 0.3 is 0 Å². The number of nitrogens with zero attached hydrogens (tertiary/aromatic N) is 2. The van der Waals surface area contributed by atoms with Gasteiger partial charge in [0.25, 0.3) is 0 Å². The molecule has 3 atom stereocenters. The summed E-state index contributed by atoms with van der Waals surface area (Å²) in [7, 11) is 0. The summed E-state index contributed by atoms with van der Waals surface area (Å²) >= 11 is 0. The summed E-state index contributed by atoms with van der Waals surface area (Å²) in [4.78, 5) is 32.3. The topological polar surface area (TPSA) is 121 Å². The number of phenols is 1. The van der Waals surface area contributed by atoms with Crippen molar-refractivity contribution in [2.45, 2.75) is 58.3 Å². The Labute approximate surface area is 262 Å². The van der Waals surface area contributed by atoms with Crippen molar-refractivity contribution in [3.8, 4) is 28.4 Å². The summed E-state index contributed by atoms with van der Waals surface area (Å²) < 4.78 is 12.3. The zero-order chi connectivity index (χ0) is 31.7. The molecular weight excluding hydrogens is 570 g/mol. The van der Waals surface area contributed by atoms with E-state index in [1.807, 2.05) is 49.4 Å². The molecule has 0 aliphatic carbocycles. The second kappa shape index (κ2) is 12.6. The number of rotatable bonds is 7. The van der Waals surface area contributed by atoms with Crippen molar-refractivity contribution in [1.82, 2.24) is 15.2 Å². The molecular formula is C36H37N3O6. The molecule has 3 N–H and O–H groups in total. The molecule has 2 aliphatic heterocycles. The van der Waals surface area contributed by atoms with Crippen molar-refractivity contribution in [2.24, 2.45) is 0 Å². The molecule has 0 bridgehead atoms. The third-order valence-electron chi connectivity index (χ3n) is 8.80. The summed E-state index contributed by atoms with van der Waals surface area (Å²) in [6.45, 7) is 5.83. The SMILES string of the molecule is CC(=O)N1Cc2cc3c(cc2C[C@H]1C(=O)N[C@H](CO)Cc1ccc(-c2ccnc(C)c2C)cc1)OC[C@H](c1ccc(O)cc1)O3. The Morgan fingerprint density at radius 1 is 1.02 bits per heavy atom. The minimum absolute atomic E-state index is 0.180. The molecule has 0 spiro atoms. The third kappa shape index (κ3) is 6.35. The van der Waals surface area contributed by atoms with Crippen molar-refractivity contribution in [1.29, 1.82) is 0 Å². The molecule has 0 fully saturated rings. The second-order valence-electron chi connectivity index (χ2n) is 11.8. The Hall–Kier alpha value is -4.89. The quantitative estimate of drug-likeness (QED) is 0.281. The van der Waals surface area contributed by atoms with E-state index in [9.17, 15) is 19.8 Å². The van der Waals surface area contributed by atoms with Gasteiger partial charge in [0.1, 0.15) is 18.4 Å². The van der Waals surface area contributed by atoms with Crippen molar-refractivity contribution in [3.63, 3.8) is 0 Å². The number of aromatic hydroxyl groups is 1. The lowest BCUT2D eigenvalue weighted by Gasteiger charge is -2.37. The van der Waals surface area contributed by atoms with Crippen LogP contribution < -0.4 is 14.8 Å². The van der Waals surface area contributed by atoms with Crippen LogP contribution in [0.4, 0.5) is 0 Å². The highest BCUT2D eigenvalue weighted by molar-refractivity contribution is 5.88. The number of hydrogen-bond acceptors (Lipinski definition) is 7. The normalized spacial score (nSPS) is 17.7. The second-order valence-corrected chi connectivity index (χ2v) is 11.8. The van der Waals surface area contributed by atoms with E-state index in [1.54, 1.807) is 35.4 Å². The molecule has 3 heterocycles. The summed E-state index contributed by atoms with van der Waals surface area (Å²) in [5.41, 5.74) is 7.99. The van der Waals surface area contributed by atoms with Crippen molar-refractivity contribution < 1.29 is 29.3 Å². The molecule has 0 radical (unpaired) electrons. The van der Waals surface area contributed by atoms with Gasteiger partial charge in [0, 0.05) is 31.8 Å². The summed E-state index contributed by atoms with van der Waals surface area (Å²) in [5, 5.41) is 22.8. The molecule has 1 aromatic heterocycles. The molecule has 0 saturated heterocycles. The number of ether oxygens (including phenoxy) is 2. The number of carbonyl (C=O) groups is 2. The monoisotopic (exact) mass is 607 g/mol. The van der Waals surface area contributed by atoms with E-state index in [4.69, 9.17) is 9.47 Å². The number of amides is 2. The van der Waals surface area contributed by atoms with Gasteiger partial charge < -0.3 is 29.9 Å². The first-order valence-corrected chi connectivity index (χ1v) is 15.1. The van der Waals surface area contributed by atoms with Crippen molar-refractivity contribution in [2.75, 3.05) is 13.2 Å². The van der Waals surface area contributed by atoms with Gasteiger partial charge in [0.15, 0.2) is 17.6 Å². The summed E-state index contributed by atoms with van der Waals surface area (Å²) in [6.07, 6.45) is 2.23. The molecule has 3 aromatic carbocycles. The van der Waals surface area contributed by atoms with Crippen LogP contribution in [-0.4, -0.2) is 57.2 Å². The molecule has 232 valence electrons. The molecule has 9 heteroatoms. The fourth-order valence-electron chi connectivity index (χ4n) is 6.09. The number of carbonyl (C=O) groups excluding carboxylic acids is 2. The minimum Gasteiger partial charge on any atom is -0.508 e. The maximum Gasteiger partial charge on any atom is 0.243 e. The van der Waals surface area contributed by atoms with E-state index in [0.717, 1.165) is 44.6 Å². The van der Waals surface area contributed by atoms with Crippen molar-refractivity contribution >= 4 is 11.8 Å². The number of benzene rings is 3. The first kappa shape index (κ1) is 30.1. The molecule has 6 rings (SSSR count). The van der Waals surface area contributed by atoms with Gasteiger partial charge in [0.2, 0.25) is 11.8 Å². The van der Waals surface area contributed by atoms with Crippen LogP contribution in [0.5, 0.6) is 17.2 Å². The van der Waals surface area contributed by atoms with Crippen molar-refractivity contribution in [3.05, 3.63) is 106 Å². The number of phenolic OH excluding ortho intramolecular Hbond substituents is 1. The molecule has 9 nitrogen and oxygen atoms in total. The lowest BCUT2D eigenvalue weighted by molar-refractivity contribution is -0.140. The summed E-state index contributed by atoms with van der Waals surface area (Å²) in [6, 6.07) is 19.5. The number of hydrogen-bond donors (Lipinski definition) is 3. The van der Waals surface area contributed by atoms with Crippen LogP contribution >= 0.6 is 0 Å². The van der Waals surface area contributed by atoms with E-state index in [2.05, 4.69) is 17.2 Å². The van der Waals surface area contributed by atoms with E-state index < -0.39 is 12.1 Å². The molecule has 45 heavy (non-hydrogen) atoms. The Bertz CT molecular complexity index is 1720. The third-order valence-corrected chi connectivity index (χ3v) is 8.80. The average Bonchev–Trinajstić information content (AvgIpc) is 3.04. The van der Waals surface area contributed by atoms with Gasteiger partial charge in [-0.25, -0.2) is 0 Å². The first-order chi connectivity index (χ1) is 21.7. The maximum atomic E-state index is 13.6. The minimum atomic E-state index is -0.725. The predicted octanol–water partition coefficient (Wildman–Crippen LogP) is 4.58. The zero-order valence-corrected chi connectivity index (χ0v) is 25.6. The summed E-state index contributed by atoms with van der Waals surface area (Å²) in [5.74, 6) is 0.823. The Morgan fingerprint density at radius 2 is 1.76 bits per heavy atom. The van der Waals surface area contributed by atoms with Gasteiger partial charge in [-0.15, -0.1) is 0 Å². The zero-order valence-electron chi connectivity index (χ0n) is 25.6. The average molecular weight is 608 g/mol. The number of aryl methyl sites for hydroxylation is 1. The van der Waals surface area contributed by atoms with Crippen LogP contribution in [0, 0.1) is 13.8 Å². The van der Waals surface area contributed by atoms with Crippen LogP contribution in [0.3, 0.4) is 0 Å². The van der Waals surface area contributed by atoms with Crippen LogP contribution in [0.15, 0.2) is 72.9 Å². The number of fused-ring (bicyclic) bond motifs is 2. The number of aliphatic hydroxyl groups is 1. The van der Waals surface area contributed by atoms with Crippen LogP contribution in [0.1, 0.15) is 46.5 Å². The molecule has 2 aliphatic rings. The van der Waals surface area contributed by atoms with Crippen LogP contribution in [0.2, 0.25) is 0 Å². The standard InChI is InChI=1S/C36H37N3O6/c1-21-22(2)37-13-12-31(21)25-6-4-24(5-7-25)14-29(19-40)38-36(43)32-15-27-16-33-34(17-28(27)18-39(32)23(3)41)45-35(20-44-33)26-8-10-30(42)11-9-26/h4-13,16-17,29,32,35,40,42H,14-15,18-20H2,1-3H3,(H,38,43)/t29-,32-,35+/m0/s1. The van der Waals surface area contributed by atoms with E-state index in [0.29, 0.717) is 30.9 Å². The lowest BCUT2D eigenvalue weighted by atomic mass is 9.92. The Morgan fingerprint density at radius 3 is 2.47 bits per heavy atom. The van der Waals surface area contributed by atoms with Gasteiger partial charge in [-0.3, -0.25) is 14.6 Å². The number of aliphatic hydroxyl groups excluding tert-OH is 1. The molecule has 4 aromatic rings. The fraction of sp³-hybridized carbons (Fsp3) is 0.306. The highest BCUT2D eigenvalue weighted by atomic mass is 16.6. The fourth-order valence-corrected chi connectivity index (χ4v) is 6.09. The number of pyridine rings is 1. The lowest BCUT2D eigenvalue weighted by Crippen LogP contribution is -2.54. The van der Waals surface area contributed by atoms with E-state index in [-0.39, 0.29) is 36.8 Å². The van der Waals surface area contributed by atoms with E-state index >= 15 is 0 Å². The van der Waals surface area contributed by atoms with Gasteiger partial charge in [-0.1, -0.05) is 36.4 Å². The Kier molecular flexibility index (Phi) is 8.45. The number of aromatic nitrogens is 1. The van der Waals surface area contributed by atoms with Gasteiger partial charge in [0.05, 0.1) is 12.6 Å². The highest BCUT2D eigenvalue weighted by Crippen LogP contribution is 2.41. The predicted molar refractivity (Wildman–Crippen MR) is 169 cm³/mol. The van der Waals surface area contributed by atoms with Crippen LogP contribution in [0.25, 0.3) is 11.1 Å². The Balaban J connectivity index is 1.15. The first-order valence-electron chi connectivity index (χ1n) is 15.1. The van der Waals surface area contributed by atoms with Gasteiger partial charge in [-0.05, 0) is 89.5 Å². The molecule has 0 unspecified atom stereocenters. The van der Waals surface area contributed by atoms with Crippen LogP contribution in [-0.2, 0) is 29.0 Å². The largest absolute Gasteiger partial charge is 0.508 e. The highest BCUT2D eigenvalue weighted by Gasteiger charge is 2.36. The smallest absolute Gasteiger partial charge is 0.243 e.